The summed E-state index contributed by atoms with van der Waals surface area (Å²) in [7, 11) is 0. The molecule has 0 unspecified atom stereocenters. The predicted molar refractivity (Wildman–Crippen MR) is 94.2 cm³/mol. The molecule has 27 heavy (non-hydrogen) atoms. The fourth-order valence-electron chi connectivity index (χ4n) is 2.27. The summed E-state index contributed by atoms with van der Waals surface area (Å²) in [6, 6.07) is 8.74. The Balaban J connectivity index is 1.97. The van der Waals surface area contributed by atoms with Crippen LogP contribution in [0.5, 0.6) is 0 Å². The Morgan fingerprint density at radius 1 is 0.889 bits per heavy atom. The van der Waals surface area contributed by atoms with Crippen molar-refractivity contribution in [1.82, 2.24) is 5.32 Å². The first-order chi connectivity index (χ1) is 12.8. The average molecular weight is 375 g/mol. The third kappa shape index (κ3) is 5.70. The van der Waals surface area contributed by atoms with Crippen molar-refractivity contribution in [3.63, 3.8) is 0 Å². The van der Waals surface area contributed by atoms with Crippen LogP contribution >= 0.6 is 0 Å². The van der Waals surface area contributed by atoms with Crippen LogP contribution in [0, 0.1) is 17.6 Å². The molecule has 0 saturated heterocycles. The third-order valence-electron chi connectivity index (χ3n) is 3.83. The molecule has 0 fully saturated rings. The zero-order chi connectivity index (χ0) is 20.0. The number of benzene rings is 2. The Morgan fingerprint density at radius 2 is 1.37 bits per heavy atom. The first-order valence-corrected chi connectivity index (χ1v) is 8.29. The van der Waals surface area contributed by atoms with Gasteiger partial charge in [-0.3, -0.25) is 9.59 Å². The van der Waals surface area contributed by atoms with Crippen LogP contribution in [-0.2, 0) is 9.53 Å². The molecule has 0 aliphatic carbocycles. The van der Waals surface area contributed by atoms with Crippen molar-refractivity contribution < 1.29 is 27.9 Å². The lowest BCUT2D eigenvalue weighted by Gasteiger charge is -2.20. The van der Waals surface area contributed by atoms with E-state index in [1.165, 1.54) is 24.3 Å². The van der Waals surface area contributed by atoms with Crippen molar-refractivity contribution in [2.24, 2.45) is 5.92 Å². The number of nitrogens with one attached hydrogen (secondary N) is 1. The first-order valence-electron chi connectivity index (χ1n) is 8.29. The number of ketones is 1. The summed E-state index contributed by atoms with van der Waals surface area (Å²) in [6.07, 6.45) is 0. The van der Waals surface area contributed by atoms with Gasteiger partial charge in [-0.25, -0.2) is 13.6 Å². The number of rotatable bonds is 7. The number of carbonyl (C=O) groups excluding carboxylic acids is 3. The zero-order valence-corrected chi connectivity index (χ0v) is 14.9. The minimum absolute atomic E-state index is 0.192. The Hall–Kier alpha value is -3.09. The maximum absolute atomic E-state index is 12.9. The van der Waals surface area contributed by atoms with E-state index in [1.54, 1.807) is 13.8 Å². The lowest BCUT2D eigenvalue weighted by molar-refractivity contribution is -0.145. The predicted octanol–water partition coefficient (Wildman–Crippen LogP) is 3.15. The Kier molecular flexibility index (Phi) is 6.76. The van der Waals surface area contributed by atoms with Gasteiger partial charge in [0.15, 0.2) is 12.4 Å². The molecule has 0 radical (unpaired) electrons. The summed E-state index contributed by atoms with van der Waals surface area (Å²) >= 11 is 0. The van der Waals surface area contributed by atoms with Gasteiger partial charge in [0.25, 0.3) is 5.91 Å². The summed E-state index contributed by atoms with van der Waals surface area (Å²) in [5, 5.41) is 2.53. The quantitative estimate of drug-likeness (QED) is 0.596. The van der Waals surface area contributed by atoms with Gasteiger partial charge in [0.05, 0.1) is 0 Å². The SMILES string of the molecule is CC(C)[C@@H](NC(=O)c1ccc(F)cc1)C(=O)OCC(=O)c1ccc(F)cc1. The number of carbonyl (C=O) groups is 3. The van der Waals surface area contributed by atoms with Crippen LogP contribution in [0.1, 0.15) is 34.6 Å². The average Bonchev–Trinajstić information content (AvgIpc) is 2.64. The van der Waals surface area contributed by atoms with E-state index in [0.29, 0.717) is 0 Å². The van der Waals surface area contributed by atoms with E-state index >= 15 is 0 Å². The highest BCUT2D eigenvalue weighted by Gasteiger charge is 2.27. The first kappa shape index (κ1) is 20.2. The molecule has 2 aromatic carbocycles. The maximum atomic E-state index is 12.9. The zero-order valence-electron chi connectivity index (χ0n) is 14.9. The smallest absolute Gasteiger partial charge is 0.329 e. The van der Waals surface area contributed by atoms with Crippen molar-refractivity contribution >= 4 is 17.7 Å². The van der Waals surface area contributed by atoms with E-state index in [0.717, 1.165) is 24.3 Å². The minimum Gasteiger partial charge on any atom is -0.456 e. The highest BCUT2D eigenvalue weighted by Crippen LogP contribution is 2.09. The van der Waals surface area contributed by atoms with Crippen molar-refractivity contribution in [2.75, 3.05) is 6.61 Å². The highest BCUT2D eigenvalue weighted by molar-refractivity contribution is 5.99. The van der Waals surface area contributed by atoms with Gasteiger partial charge < -0.3 is 10.1 Å². The van der Waals surface area contributed by atoms with Gasteiger partial charge in [0, 0.05) is 11.1 Å². The summed E-state index contributed by atoms with van der Waals surface area (Å²) < 4.78 is 30.8. The molecule has 0 aliphatic rings. The van der Waals surface area contributed by atoms with Gasteiger partial charge in [-0.05, 0) is 54.4 Å². The van der Waals surface area contributed by atoms with Crippen molar-refractivity contribution in [3.8, 4) is 0 Å². The number of esters is 1. The minimum atomic E-state index is -0.983. The van der Waals surface area contributed by atoms with Crippen molar-refractivity contribution in [1.29, 1.82) is 0 Å². The van der Waals surface area contributed by atoms with E-state index in [2.05, 4.69) is 5.32 Å². The number of hydrogen-bond donors (Lipinski definition) is 1. The molecule has 0 spiro atoms. The topological polar surface area (TPSA) is 72.5 Å². The molecule has 0 aliphatic heterocycles. The molecule has 7 heteroatoms. The second-order valence-electron chi connectivity index (χ2n) is 6.24. The molecule has 1 amide bonds. The van der Waals surface area contributed by atoms with Gasteiger partial charge in [-0.15, -0.1) is 0 Å². The Morgan fingerprint density at radius 3 is 1.85 bits per heavy atom. The van der Waals surface area contributed by atoms with E-state index in [-0.39, 0.29) is 17.0 Å². The van der Waals surface area contributed by atoms with Crippen LogP contribution < -0.4 is 5.32 Å². The van der Waals surface area contributed by atoms with E-state index < -0.39 is 41.9 Å². The second kappa shape index (κ2) is 9.02. The van der Waals surface area contributed by atoms with Crippen LogP contribution in [0.2, 0.25) is 0 Å². The molecule has 0 aromatic heterocycles. The lowest BCUT2D eigenvalue weighted by Crippen LogP contribution is -2.45. The monoisotopic (exact) mass is 375 g/mol. The fraction of sp³-hybridized carbons (Fsp3) is 0.250. The molecule has 2 aromatic rings. The molecule has 142 valence electrons. The summed E-state index contributed by atoms with van der Waals surface area (Å²) in [4.78, 5) is 36.5. The molecule has 0 bridgehead atoms. The van der Waals surface area contributed by atoms with E-state index in [4.69, 9.17) is 4.74 Å². The number of amides is 1. The Labute approximate surface area is 155 Å². The molecule has 5 nitrogen and oxygen atoms in total. The van der Waals surface area contributed by atoms with Crippen molar-refractivity contribution in [3.05, 3.63) is 71.3 Å². The number of hydrogen-bond acceptors (Lipinski definition) is 4. The normalized spacial score (nSPS) is 11.7. The van der Waals surface area contributed by atoms with Gasteiger partial charge >= 0.3 is 5.97 Å². The van der Waals surface area contributed by atoms with Gasteiger partial charge in [-0.1, -0.05) is 13.8 Å². The summed E-state index contributed by atoms with van der Waals surface area (Å²) in [6.45, 7) is 2.89. The number of halogens is 2. The standard InChI is InChI=1S/C20H19F2NO4/c1-12(2)18(23-19(25)14-5-9-16(22)10-6-14)20(26)27-11-17(24)13-3-7-15(21)8-4-13/h3-10,12,18H,11H2,1-2H3,(H,23,25)/t18-/m1/s1. The molecule has 2 rings (SSSR count). The molecule has 0 saturated carbocycles. The van der Waals surface area contributed by atoms with Gasteiger partial charge in [-0.2, -0.15) is 0 Å². The molecule has 1 N–H and O–H groups in total. The van der Waals surface area contributed by atoms with Crippen molar-refractivity contribution in [2.45, 2.75) is 19.9 Å². The summed E-state index contributed by atoms with van der Waals surface area (Å²) in [5.74, 6) is -3.08. The van der Waals surface area contributed by atoms with Gasteiger partial charge in [0.1, 0.15) is 17.7 Å². The fourth-order valence-corrected chi connectivity index (χ4v) is 2.27. The van der Waals surface area contributed by atoms with Crippen LogP contribution in [0.25, 0.3) is 0 Å². The Bertz CT molecular complexity index is 817. The molecule has 1 atom stereocenters. The maximum Gasteiger partial charge on any atom is 0.329 e. The van der Waals surface area contributed by atoms with Gasteiger partial charge in [0.2, 0.25) is 0 Å². The summed E-state index contributed by atoms with van der Waals surface area (Å²) in [5.41, 5.74) is 0.401. The van der Waals surface area contributed by atoms with Crippen LogP contribution in [0.3, 0.4) is 0 Å². The highest BCUT2D eigenvalue weighted by atomic mass is 19.1. The lowest BCUT2D eigenvalue weighted by atomic mass is 10.0. The molecular weight excluding hydrogens is 356 g/mol. The number of Topliss-reactive ketones (excluding diaryl/α,β-unsaturated/α-hetero) is 1. The third-order valence-corrected chi connectivity index (χ3v) is 3.83. The molecular formula is C20H19F2NO4. The molecule has 0 heterocycles. The largest absolute Gasteiger partial charge is 0.456 e. The van der Waals surface area contributed by atoms with E-state index in [9.17, 15) is 23.2 Å². The van der Waals surface area contributed by atoms with Crippen LogP contribution in [-0.4, -0.2) is 30.3 Å². The van der Waals surface area contributed by atoms with Crippen LogP contribution in [0.15, 0.2) is 48.5 Å². The second-order valence-corrected chi connectivity index (χ2v) is 6.24. The van der Waals surface area contributed by atoms with Crippen LogP contribution in [0.4, 0.5) is 8.78 Å². The number of ether oxygens (including phenoxy) is 1. The van der Waals surface area contributed by atoms with E-state index in [1.807, 2.05) is 0 Å².